The van der Waals surface area contributed by atoms with Crippen molar-refractivity contribution in [3.05, 3.63) is 78.1 Å². The number of hydrogen-bond donors (Lipinski definition) is 2. The summed E-state index contributed by atoms with van der Waals surface area (Å²) in [6, 6.07) is 20.4. The van der Waals surface area contributed by atoms with Crippen molar-refractivity contribution in [1.82, 2.24) is 14.9 Å². The lowest BCUT2D eigenvalue weighted by molar-refractivity contribution is -0.124. The molecule has 0 fully saturated rings. The van der Waals surface area contributed by atoms with E-state index < -0.39 is 0 Å². The van der Waals surface area contributed by atoms with E-state index in [1.165, 1.54) is 18.7 Å². The molecule has 3 amide bonds. The largest absolute Gasteiger partial charge is 0.486 e. The molecule has 4 rings (SSSR count). The number of hydrogen-bond acceptors (Lipinski definition) is 7. The highest BCUT2D eigenvalue weighted by atomic mass is 32.2. The summed E-state index contributed by atoms with van der Waals surface area (Å²) >= 11 is 1.40. The lowest BCUT2D eigenvalue weighted by Crippen LogP contribution is -2.32. The Bertz CT molecular complexity index is 1430. The lowest BCUT2D eigenvalue weighted by atomic mass is 10.1. The molecule has 4 aromatic rings. The fourth-order valence-electron chi connectivity index (χ4n) is 3.88. The van der Waals surface area contributed by atoms with Crippen molar-refractivity contribution in [2.24, 2.45) is 7.05 Å². The van der Waals surface area contributed by atoms with Crippen molar-refractivity contribution >= 4 is 46.7 Å². The zero-order chi connectivity index (χ0) is 27.1. The molecule has 0 bridgehead atoms. The van der Waals surface area contributed by atoms with E-state index in [4.69, 9.17) is 9.47 Å². The maximum absolute atomic E-state index is 11.9. The number of thioether (sulfide) groups is 1. The third-order valence-corrected chi connectivity index (χ3v) is 6.80. The minimum Gasteiger partial charge on any atom is -0.486 e. The van der Waals surface area contributed by atoms with Crippen molar-refractivity contribution in [1.29, 1.82) is 0 Å². The van der Waals surface area contributed by atoms with Gasteiger partial charge in [-0.3, -0.25) is 19.7 Å². The Morgan fingerprint density at radius 3 is 2.37 bits per heavy atom. The molecular formula is C28H28N4O5S. The highest BCUT2D eigenvalue weighted by Gasteiger charge is 2.17. The summed E-state index contributed by atoms with van der Waals surface area (Å²) in [5, 5.41) is 4.60. The molecule has 196 valence electrons. The highest BCUT2D eigenvalue weighted by molar-refractivity contribution is 7.99. The number of nitrogens with one attached hydrogen (secondary N) is 2. The van der Waals surface area contributed by atoms with E-state index in [9.17, 15) is 14.4 Å². The second-order valence-electron chi connectivity index (χ2n) is 8.53. The molecular weight excluding hydrogens is 504 g/mol. The molecule has 0 aliphatic heterocycles. The summed E-state index contributed by atoms with van der Waals surface area (Å²) in [7, 11) is 1.93. The van der Waals surface area contributed by atoms with Crippen LogP contribution in [0.1, 0.15) is 18.3 Å². The molecule has 10 heteroatoms. The van der Waals surface area contributed by atoms with Crippen LogP contribution >= 0.6 is 11.8 Å². The number of aryl methyl sites for hydroxylation is 1. The predicted molar refractivity (Wildman–Crippen MR) is 148 cm³/mol. The molecule has 0 radical (unpaired) electrons. The van der Waals surface area contributed by atoms with Crippen LogP contribution in [0.25, 0.3) is 11.0 Å². The van der Waals surface area contributed by atoms with Gasteiger partial charge in [0, 0.05) is 25.7 Å². The van der Waals surface area contributed by atoms with Crippen LogP contribution < -0.4 is 20.1 Å². The maximum atomic E-state index is 11.9. The number of rotatable bonds is 11. The summed E-state index contributed by atoms with van der Waals surface area (Å²) in [4.78, 5) is 38.4. The number of carbonyl (C=O) groups is 3. The van der Waals surface area contributed by atoms with Gasteiger partial charge in [-0.15, -0.1) is 0 Å². The number of imidazole rings is 1. The SMILES string of the molecule is CSC(Cc1ccc(OCc2nc3ccc(Oc4ccc(NC(C)=O)cc4)cc3n2C)cc1)C(=O)NC=O. The first kappa shape index (κ1) is 26.7. The van der Waals surface area contributed by atoms with Crippen LogP contribution in [-0.4, -0.2) is 39.3 Å². The van der Waals surface area contributed by atoms with Crippen LogP contribution in [0.5, 0.6) is 17.2 Å². The Morgan fingerprint density at radius 1 is 1.03 bits per heavy atom. The van der Waals surface area contributed by atoms with Gasteiger partial charge in [-0.25, -0.2) is 4.98 Å². The number of carbonyl (C=O) groups excluding carboxylic acids is 3. The van der Waals surface area contributed by atoms with Gasteiger partial charge >= 0.3 is 0 Å². The molecule has 1 atom stereocenters. The zero-order valence-corrected chi connectivity index (χ0v) is 22.1. The Balaban J connectivity index is 1.39. The second-order valence-corrected chi connectivity index (χ2v) is 9.57. The summed E-state index contributed by atoms with van der Waals surface area (Å²) in [5.74, 6) is 2.34. The van der Waals surface area contributed by atoms with Crippen LogP contribution in [0.15, 0.2) is 66.7 Å². The summed E-state index contributed by atoms with van der Waals surface area (Å²) in [6.07, 6.45) is 2.76. The van der Waals surface area contributed by atoms with E-state index in [-0.39, 0.29) is 23.7 Å². The van der Waals surface area contributed by atoms with Crippen LogP contribution in [-0.2, 0) is 34.5 Å². The van der Waals surface area contributed by atoms with Crippen molar-refractivity contribution in [2.75, 3.05) is 11.6 Å². The number of ether oxygens (including phenoxy) is 2. The van der Waals surface area contributed by atoms with Gasteiger partial charge in [-0.1, -0.05) is 12.1 Å². The predicted octanol–water partition coefficient (Wildman–Crippen LogP) is 4.45. The number of imide groups is 1. The Hall–Kier alpha value is -4.31. The normalized spacial score (nSPS) is 11.6. The average Bonchev–Trinajstić information content (AvgIpc) is 3.22. The Kier molecular flexibility index (Phi) is 8.65. The molecule has 0 saturated heterocycles. The number of anilines is 1. The molecule has 1 heterocycles. The first-order chi connectivity index (χ1) is 18.4. The summed E-state index contributed by atoms with van der Waals surface area (Å²) in [5.41, 5.74) is 3.41. The van der Waals surface area contributed by atoms with Crippen LogP contribution in [0.4, 0.5) is 5.69 Å². The average molecular weight is 533 g/mol. The maximum Gasteiger partial charge on any atom is 0.239 e. The van der Waals surface area contributed by atoms with E-state index in [1.807, 2.05) is 60.3 Å². The highest BCUT2D eigenvalue weighted by Crippen LogP contribution is 2.27. The van der Waals surface area contributed by atoms with Crippen molar-refractivity contribution in [3.8, 4) is 17.2 Å². The number of aromatic nitrogens is 2. The topological polar surface area (TPSA) is 112 Å². The molecule has 0 spiro atoms. The standard InChI is InChI=1S/C28H28N4O5S/c1-18(34)30-20-6-10-22(11-7-20)37-23-12-13-24-25(15-23)32(2)27(31-24)16-36-21-8-4-19(5-9-21)14-26(38-3)28(35)29-17-33/h4-13,15,17,26H,14,16H2,1-3H3,(H,30,34)(H,29,33,35). The first-order valence-corrected chi connectivity index (χ1v) is 13.1. The molecule has 2 N–H and O–H groups in total. The third-order valence-electron chi connectivity index (χ3n) is 5.85. The molecule has 38 heavy (non-hydrogen) atoms. The smallest absolute Gasteiger partial charge is 0.239 e. The van der Waals surface area contributed by atoms with Gasteiger partial charge < -0.3 is 19.4 Å². The monoisotopic (exact) mass is 532 g/mol. The third kappa shape index (κ3) is 6.71. The van der Waals surface area contributed by atoms with Crippen LogP contribution in [0, 0.1) is 0 Å². The van der Waals surface area contributed by atoms with Gasteiger partial charge in [0.25, 0.3) is 0 Å². The van der Waals surface area contributed by atoms with E-state index >= 15 is 0 Å². The van der Waals surface area contributed by atoms with E-state index in [1.54, 1.807) is 24.3 Å². The minimum atomic E-state index is -0.344. The van der Waals surface area contributed by atoms with Crippen molar-refractivity contribution < 1.29 is 23.9 Å². The first-order valence-electron chi connectivity index (χ1n) is 11.9. The lowest BCUT2D eigenvalue weighted by Gasteiger charge is -2.13. The molecule has 9 nitrogen and oxygen atoms in total. The van der Waals surface area contributed by atoms with Crippen LogP contribution in [0.3, 0.4) is 0 Å². The summed E-state index contributed by atoms with van der Waals surface area (Å²) < 4.78 is 13.9. The van der Waals surface area contributed by atoms with Crippen molar-refractivity contribution in [2.45, 2.75) is 25.2 Å². The number of nitrogens with zero attached hydrogens (tertiary/aromatic N) is 2. The fraction of sp³-hybridized carbons (Fsp3) is 0.214. The second kappa shape index (κ2) is 12.3. The zero-order valence-electron chi connectivity index (χ0n) is 21.3. The Labute approximate surface area is 224 Å². The van der Waals surface area contributed by atoms with E-state index in [2.05, 4.69) is 15.6 Å². The van der Waals surface area contributed by atoms with Gasteiger partial charge in [0.15, 0.2) is 0 Å². The molecule has 0 aliphatic rings. The molecule has 0 aliphatic carbocycles. The minimum absolute atomic E-state index is 0.126. The molecule has 1 aromatic heterocycles. The fourth-order valence-corrected chi connectivity index (χ4v) is 4.52. The molecule has 3 aromatic carbocycles. The van der Waals surface area contributed by atoms with Gasteiger partial charge in [0.1, 0.15) is 29.7 Å². The number of benzene rings is 3. The van der Waals surface area contributed by atoms with Gasteiger partial charge in [0.05, 0.1) is 16.3 Å². The van der Waals surface area contributed by atoms with Crippen LogP contribution in [0.2, 0.25) is 0 Å². The Morgan fingerprint density at radius 2 is 1.71 bits per heavy atom. The molecule has 0 saturated carbocycles. The summed E-state index contributed by atoms with van der Waals surface area (Å²) in [6.45, 7) is 1.74. The van der Waals surface area contributed by atoms with Gasteiger partial charge in [0.2, 0.25) is 18.2 Å². The van der Waals surface area contributed by atoms with Crippen molar-refractivity contribution in [3.63, 3.8) is 0 Å². The molecule has 1 unspecified atom stereocenters. The van der Waals surface area contributed by atoms with Gasteiger partial charge in [-0.2, -0.15) is 11.8 Å². The number of amides is 3. The van der Waals surface area contributed by atoms with E-state index in [0.717, 1.165) is 22.4 Å². The van der Waals surface area contributed by atoms with Gasteiger partial charge in [-0.05, 0) is 66.8 Å². The number of fused-ring (bicyclic) bond motifs is 1. The van der Waals surface area contributed by atoms with E-state index in [0.29, 0.717) is 35.8 Å². The quantitative estimate of drug-likeness (QED) is 0.275.